The van der Waals surface area contributed by atoms with Crippen molar-refractivity contribution in [3.8, 4) is 0 Å². The number of rotatable bonds is 6. The van der Waals surface area contributed by atoms with Crippen LogP contribution in [0, 0.1) is 0 Å². The van der Waals surface area contributed by atoms with Crippen molar-refractivity contribution in [2.75, 3.05) is 25.5 Å². The maximum atomic E-state index is 12.0. The standard InChI is InChI=1S/C13H21N3O/c1-4-6-9-16(3)13(17)11-7-8-12(14-5-2)15-10-11/h7-8,10H,4-6,9H2,1-3H3,(H,14,15). The molecule has 0 aromatic carbocycles. The topological polar surface area (TPSA) is 45.2 Å². The molecular weight excluding hydrogens is 214 g/mol. The van der Waals surface area contributed by atoms with Crippen LogP contribution in [0.4, 0.5) is 5.82 Å². The molecule has 0 aliphatic carbocycles. The van der Waals surface area contributed by atoms with Crippen molar-refractivity contribution in [2.24, 2.45) is 0 Å². The van der Waals surface area contributed by atoms with E-state index < -0.39 is 0 Å². The second-order valence-corrected chi connectivity index (χ2v) is 4.04. The Hall–Kier alpha value is -1.58. The van der Waals surface area contributed by atoms with Crippen LogP contribution in [0.5, 0.6) is 0 Å². The summed E-state index contributed by atoms with van der Waals surface area (Å²) >= 11 is 0. The number of amides is 1. The SMILES string of the molecule is CCCCN(C)C(=O)c1ccc(NCC)nc1. The highest BCUT2D eigenvalue weighted by molar-refractivity contribution is 5.93. The summed E-state index contributed by atoms with van der Waals surface area (Å²) in [5.41, 5.74) is 0.644. The summed E-state index contributed by atoms with van der Waals surface area (Å²) in [6.07, 6.45) is 3.75. The van der Waals surface area contributed by atoms with Crippen LogP contribution < -0.4 is 5.32 Å². The second-order valence-electron chi connectivity index (χ2n) is 4.04. The zero-order valence-electron chi connectivity index (χ0n) is 10.9. The number of pyridine rings is 1. The molecule has 0 aliphatic heterocycles. The van der Waals surface area contributed by atoms with Crippen molar-refractivity contribution in [3.05, 3.63) is 23.9 Å². The van der Waals surface area contributed by atoms with Gasteiger partial charge in [0.25, 0.3) is 5.91 Å². The van der Waals surface area contributed by atoms with E-state index in [2.05, 4.69) is 17.2 Å². The number of anilines is 1. The van der Waals surface area contributed by atoms with Crippen LogP contribution in [0.15, 0.2) is 18.3 Å². The van der Waals surface area contributed by atoms with Crippen LogP contribution in [0.25, 0.3) is 0 Å². The van der Waals surface area contributed by atoms with Crippen molar-refractivity contribution in [1.82, 2.24) is 9.88 Å². The van der Waals surface area contributed by atoms with Gasteiger partial charge in [0, 0.05) is 26.3 Å². The average Bonchev–Trinajstić information content (AvgIpc) is 2.36. The predicted octanol–water partition coefficient (Wildman–Crippen LogP) is 2.39. The molecule has 94 valence electrons. The van der Waals surface area contributed by atoms with Gasteiger partial charge >= 0.3 is 0 Å². The fraction of sp³-hybridized carbons (Fsp3) is 0.538. The van der Waals surface area contributed by atoms with Crippen LogP contribution in [0.2, 0.25) is 0 Å². The van der Waals surface area contributed by atoms with E-state index in [1.54, 1.807) is 11.1 Å². The maximum Gasteiger partial charge on any atom is 0.255 e. The van der Waals surface area contributed by atoms with Gasteiger partial charge in [-0.05, 0) is 25.5 Å². The van der Waals surface area contributed by atoms with Gasteiger partial charge in [-0.3, -0.25) is 4.79 Å². The lowest BCUT2D eigenvalue weighted by Gasteiger charge is -2.16. The quantitative estimate of drug-likeness (QED) is 0.823. The van der Waals surface area contributed by atoms with Crippen molar-refractivity contribution >= 4 is 11.7 Å². The van der Waals surface area contributed by atoms with Crippen molar-refractivity contribution < 1.29 is 4.79 Å². The van der Waals surface area contributed by atoms with Crippen molar-refractivity contribution in [1.29, 1.82) is 0 Å². The Morgan fingerprint density at radius 2 is 2.18 bits per heavy atom. The molecule has 1 heterocycles. The molecule has 17 heavy (non-hydrogen) atoms. The summed E-state index contributed by atoms with van der Waals surface area (Å²) in [5.74, 6) is 0.842. The normalized spacial score (nSPS) is 10.1. The number of hydrogen-bond donors (Lipinski definition) is 1. The number of carbonyl (C=O) groups is 1. The molecule has 0 saturated carbocycles. The summed E-state index contributed by atoms with van der Waals surface area (Å²) in [7, 11) is 1.83. The highest BCUT2D eigenvalue weighted by Gasteiger charge is 2.11. The molecule has 0 saturated heterocycles. The van der Waals surface area contributed by atoms with E-state index in [1.807, 2.05) is 26.1 Å². The van der Waals surface area contributed by atoms with Crippen LogP contribution in [0.1, 0.15) is 37.0 Å². The van der Waals surface area contributed by atoms with Crippen molar-refractivity contribution in [2.45, 2.75) is 26.7 Å². The van der Waals surface area contributed by atoms with Crippen molar-refractivity contribution in [3.63, 3.8) is 0 Å². The van der Waals surface area contributed by atoms with Crippen LogP contribution in [-0.4, -0.2) is 35.9 Å². The van der Waals surface area contributed by atoms with E-state index in [-0.39, 0.29) is 5.91 Å². The molecule has 1 aromatic rings. The predicted molar refractivity (Wildman–Crippen MR) is 70.3 cm³/mol. The second kappa shape index (κ2) is 6.89. The average molecular weight is 235 g/mol. The number of carbonyl (C=O) groups excluding carboxylic acids is 1. The van der Waals surface area contributed by atoms with Crippen LogP contribution in [-0.2, 0) is 0 Å². The Morgan fingerprint density at radius 1 is 1.41 bits per heavy atom. The van der Waals surface area contributed by atoms with Gasteiger partial charge in [-0.2, -0.15) is 0 Å². The molecule has 0 fully saturated rings. The highest BCUT2D eigenvalue weighted by Crippen LogP contribution is 2.07. The molecule has 1 amide bonds. The zero-order chi connectivity index (χ0) is 12.7. The Morgan fingerprint density at radius 3 is 2.71 bits per heavy atom. The lowest BCUT2D eigenvalue weighted by Crippen LogP contribution is -2.27. The van der Waals surface area contributed by atoms with Crippen LogP contribution in [0.3, 0.4) is 0 Å². The number of aromatic nitrogens is 1. The Labute approximate surface area is 103 Å². The minimum absolute atomic E-state index is 0.0361. The molecule has 1 rings (SSSR count). The summed E-state index contributed by atoms with van der Waals surface area (Å²) in [5, 5.41) is 3.10. The van der Waals surface area contributed by atoms with E-state index in [1.165, 1.54) is 0 Å². The maximum absolute atomic E-state index is 12.0. The summed E-state index contributed by atoms with van der Waals surface area (Å²) < 4.78 is 0. The highest BCUT2D eigenvalue weighted by atomic mass is 16.2. The van der Waals surface area contributed by atoms with E-state index in [4.69, 9.17) is 0 Å². The van der Waals surface area contributed by atoms with Gasteiger partial charge in [-0.1, -0.05) is 13.3 Å². The number of unbranched alkanes of at least 4 members (excludes halogenated alkanes) is 1. The van der Waals surface area contributed by atoms with Gasteiger partial charge in [0.1, 0.15) is 5.82 Å². The molecule has 0 aliphatic rings. The molecule has 0 unspecified atom stereocenters. The Kier molecular flexibility index (Phi) is 5.46. The molecule has 0 spiro atoms. The third-order valence-corrected chi connectivity index (χ3v) is 2.56. The molecule has 1 N–H and O–H groups in total. The van der Waals surface area contributed by atoms with Gasteiger partial charge in [0.05, 0.1) is 5.56 Å². The fourth-order valence-corrected chi connectivity index (χ4v) is 1.52. The van der Waals surface area contributed by atoms with Gasteiger partial charge in [0.2, 0.25) is 0 Å². The first-order valence-corrected chi connectivity index (χ1v) is 6.14. The first-order chi connectivity index (χ1) is 8.19. The lowest BCUT2D eigenvalue weighted by atomic mass is 10.2. The first kappa shape index (κ1) is 13.5. The summed E-state index contributed by atoms with van der Waals surface area (Å²) in [6, 6.07) is 3.65. The Bertz CT molecular complexity index is 348. The lowest BCUT2D eigenvalue weighted by molar-refractivity contribution is 0.0793. The summed E-state index contributed by atoms with van der Waals surface area (Å²) in [6.45, 7) is 5.76. The fourth-order valence-electron chi connectivity index (χ4n) is 1.52. The van der Waals surface area contributed by atoms with Gasteiger partial charge in [-0.15, -0.1) is 0 Å². The molecule has 4 nitrogen and oxygen atoms in total. The number of nitrogens with one attached hydrogen (secondary N) is 1. The van der Waals surface area contributed by atoms with Gasteiger partial charge in [0.15, 0.2) is 0 Å². The van der Waals surface area contributed by atoms with E-state index >= 15 is 0 Å². The van der Waals surface area contributed by atoms with E-state index in [9.17, 15) is 4.79 Å². The Balaban J connectivity index is 2.62. The zero-order valence-corrected chi connectivity index (χ0v) is 10.9. The smallest absolute Gasteiger partial charge is 0.255 e. The number of nitrogens with zero attached hydrogens (tertiary/aromatic N) is 2. The largest absolute Gasteiger partial charge is 0.370 e. The summed E-state index contributed by atoms with van der Waals surface area (Å²) in [4.78, 5) is 17.9. The molecule has 0 atom stereocenters. The monoisotopic (exact) mass is 235 g/mol. The van der Waals surface area contributed by atoms with E-state index in [0.717, 1.165) is 31.7 Å². The molecule has 0 bridgehead atoms. The van der Waals surface area contributed by atoms with Crippen LogP contribution >= 0.6 is 0 Å². The van der Waals surface area contributed by atoms with Gasteiger partial charge < -0.3 is 10.2 Å². The molecule has 4 heteroatoms. The molecule has 0 radical (unpaired) electrons. The minimum Gasteiger partial charge on any atom is -0.370 e. The third-order valence-electron chi connectivity index (χ3n) is 2.56. The minimum atomic E-state index is 0.0361. The number of hydrogen-bond acceptors (Lipinski definition) is 3. The molecular formula is C13H21N3O. The van der Waals surface area contributed by atoms with E-state index in [0.29, 0.717) is 5.56 Å². The van der Waals surface area contributed by atoms with Gasteiger partial charge in [-0.25, -0.2) is 4.98 Å². The third kappa shape index (κ3) is 4.06. The first-order valence-electron chi connectivity index (χ1n) is 6.14. The molecule has 1 aromatic heterocycles.